The SMILES string of the molecule is O=C(CCc1nc(-c2cccnc2)no1)N[C@@H]1CCN2CCCC[C@@H]12. The summed E-state index contributed by atoms with van der Waals surface area (Å²) in [7, 11) is 0. The fraction of sp³-hybridized carbons (Fsp3) is 0.556. The van der Waals surface area contributed by atoms with Crippen LogP contribution in [0, 0.1) is 0 Å². The summed E-state index contributed by atoms with van der Waals surface area (Å²) in [5, 5.41) is 7.16. The van der Waals surface area contributed by atoms with Crippen LogP contribution in [0.15, 0.2) is 29.0 Å². The van der Waals surface area contributed by atoms with Crippen LogP contribution in [0.2, 0.25) is 0 Å². The Hall–Kier alpha value is -2.28. The number of nitrogens with one attached hydrogen (secondary N) is 1. The highest BCUT2D eigenvalue weighted by Crippen LogP contribution is 2.27. The molecule has 2 aromatic heterocycles. The van der Waals surface area contributed by atoms with Crippen LogP contribution < -0.4 is 5.32 Å². The van der Waals surface area contributed by atoms with Crippen molar-refractivity contribution in [3.63, 3.8) is 0 Å². The van der Waals surface area contributed by atoms with Crippen LogP contribution in [0.5, 0.6) is 0 Å². The minimum Gasteiger partial charge on any atom is -0.352 e. The third kappa shape index (κ3) is 3.71. The molecule has 2 fully saturated rings. The largest absolute Gasteiger partial charge is 0.352 e. The van der Waals surface area contributed by atoms with Gasteiger partial charge in [-0.1, -0.05) is 11.6 Å². The van der Waals surface area contributed by atoms with E-state index in [-0.39, 0.29) is 5.91 Å². The molecule has 2 aromatic rings. The summed E-state index contributed by atoms with van der Waals surface area (Å²) >= 11 is 0. The lowest BCUT2D eigenvalue weighted by atomic mass is 9.99. The molecule has 2 atom stereocenters. The summed E-state index contributed by atoms with van der Waals surface area (Å²) in [5.41, 5.74) is 0.810. The fourth-order valence-electron chi connectivity index (χ4n) is 3.88. The van der Waals surface area contributed by atoms with Gasteiger partial charge in [-0.25, -0.2) is 0 Å². The van der Waals surface area contributed by atoms with Gasteiger partial charge in [-0.2, -0.15) is 4.98 Å². The zero-order chi connectivity index (χ0) is 17.1. The van der Waals surface area contributed by atoms with Crippen molar-refractivity contribution in [2.75, 3.05) is 13.1 Å². The van der Waals surface area contributed by atoms with Crippen molar-refractivity contribution in [3.05, 3.63) is 30.4 Å². The Bertz CT molecular complexity index is 717. The number of fused-ring (bicyclic) bond motifs is 1. The van der Waals surface area contributed by atoms with Crippen LogP contribution in [0.1, 0.15) is 38.0 Å². The molecule has 0 radical (unpaired) electrons. The Morgan fingerprint density at radius 3 is 3.16 bits per heavy atom. The number of aryl methyl sites for hydroxylation is 1. The molecule has 7 heteroatoms. The molecule has 1 amide bonds. The molecule has 25 heavy (non-hydrogen) atoms. The number of pyridine rings is 1. The summed E-state index contributed by atoms with van der Waals surface area (Å²) in [6.07, 6.45) is 9.03. The molecule has 0 unspecified atom stereocenters. The summed E-state index contributed by atoms with van der Waals surface area (Å²) in [4.78, 5) is 23.2. The van der Waals surface area contributed by atoms with Gasteiger partial charge in [-0.05, 0) is 37.9 Å². The maximum Gasteiger partial charge on any atom is 0.227 e. The smallest absolute Gasteiger partial charge is 0.227 e. The van der Waals surface area contributed by atoms with E-state index in [9.17, 15) is 4.79 Å². The molecule has 0 spiro atoms. The maximum atomic E-state index is 12.3. The van der Waals surface area contributed by atoms with Crippen molar-refractivity contribution in [2.45, 2.75) is 50.6 Å². The lowest BCUT2D eigenvalue weighted by molar-refractivity contribution is -0.122. The van der Waals surface area contributed by atoms with Crippen LogP contribution in [-0.2, 0) is 11.2 Å². The van der Waals surface area contributed by atoms with Crippen LogP contribution in [-0.4, -0.2) is 51.1 Å². The molecule has 2 aliphatic heterocycles. The van der Waals surface area contributed by atoms with Gasteiger partial charge in [-0.3, -0.25) is 14.7 Å². The summed E-state index contributed by atoms with van der Waals surface area (Å²) in [6, 6.07) is 4.53. The molecule has 2 aliphatic rings. The Morgan fingerprint density at radius 2 is 2.28 bits per heavy atom. The van der Waals surface area contributed by atoms with Gasteiger partial charge in [0.05, 0.1) is 0 Å². The Kier molecular flexibility index (Phi) is 4.74. The Morgan fingerprint density at radius 1 is 1.32 bits per heavy atom. The van der Waals surface area contributed by atoms with Crippen LogP contribution in [0.4, 0.5) is 0 Å². The van der Waals surface area contributed by atoms with E-state index >= 15 is 0 Å². The van der Waals surface area contributed by atoms with Crippen molar-refractivity contribution < 1.29 is 9.32 Å². The average molecular weight is 341 g/mol. The standard InChI is InChI=1S/C18H23N5O2/c24-16(20-14-8-11-23-10-2-1-5-15(14)23)6-7-17-21-18(22-25-17)13-4-3-9-19-12-13/h3-4,9,12,14-15H,1-2,5-8,10-11H2,(H,20,24)/t14-,15+/m1/s1. The number of piperidine rings is 1. The number of amides is 1. The number of carbonyl (C=O) groups is 1. The first-order chi connectivity index (χ1) is 12.3. The van der Waals surface area contributed by atoms with Crippen molar-refractivity contribution in [2.24, 2.45) is 0 Å². The fourth-order valence-corrected chi connectivity index (χ4v) is 3.88. The number of nitrogens with zero attached hydrogens (tertiary/aromatic N) is 4. The highest BCUT2D eigenvalue weighted by molar-refractivity contribution is 5.76. The van der Waals surface area contributed by atoms with Crippen LogP contribution in [0.3, 0.4) is 0 Å². The topological polar surface area (TPSA) is 84.1 Å². The molecule has 0 aliphatic carbocycles. The highest BCUT2D eigenvalue weighted by atomic mass is 16.5. The first kappa shape index (κ1) is 16.2. The van der Waals surface area contributed by atoms with Gasteiger partial charge in [0.2, 0.25) is 17.6 Å². The van der Waals surface area contributed by atoms with E-state index in [1.807, 2.05) is 12.1 Å². The minimum absolute atomic E-state index is 0.0681. The summed E-state index contributed by atoms with van der Waals surface area (Å²) in [5.74, 6) is 1.07. The lowest BCUT2D eigenvalue weighted by Crippen LogP contribution is -2.46. The quantitative estimate of drug-likeness (QED) is 0.893. The van der Waals surface area contributed by atoms with Gasteiger partial charge in [0.25, 0.3) is 0 Å². The van der Waals surface area contributed by atoms with E-state index in [4.69, 9.17) is 4.52 Å². The maximum absolute atomic E-state index is 12.3. The second-order valence-corrected chi connectivity index (χ2v) is 6.82. The van der Waals surface area contributed by atoms with E-state index < -0.39 is 0 Å². The molecule has 2 saturated heterocycles. The number of aromatic nitrogens is 3. The third-order valence-corrected chi connectivity index (χ3v) is 5.16. The molecule has 0 bridgehead atoms. The number of carbonyl (C=O) groups excluding carboxylic acids is 1. The van der Waals surface area contributed by atoms with Crippen LogP contribution in [0.25, 0.3) is 11.4 Å². The van der Waals surface area contributed by atoms with Crippen LogP contribution >= 0.6 is 0 Å². The lowest BCUT2D eigenvalue weighted by Gasteiger charge is -2.32. The molecular formula is C18H23N5O2. The van der Waals surface area contributed by atoms with Crippen molar-refractivity contribution in [1.82, 2.24) is 25.3 Å². The highest BCUT2D eigenvalue weighted by Gasteiger charge is 2.36. The normalized spacial score (nSPS) is 23.4. The van der Waals surface area contributed by atoms with Gasteiger partial charge in [0, 0.05) is 49.4 Å². The monoisotopic (exact) mass is 341 g/mol. The van der Waals surface area contributed by atoms with Gasteiger partial charge in [0.15, 0.2) is 0 Å². The molecule has 4 heterocycles. The predicted molar refractivity (Wildman–Crippen MR) is 91.6 cm³/mol. The van der Waals surface area contributed by atoms with Gasteiger partial charge in [-0.15, -0.1) is 0 Å². The molecule has 1 N–H and O–H groups in total. The first-order valence-corrected chi connectivity index (χ1v) is 9.06. The van der Waals surface area contributed by atoms with Gasteiger partial charge < -0.3 is 9.84 Å². The predicted octanol–water partition coefficient (Wildman–Crippen LogP) is 1.81. The van der Waals surface area contributed by atoms with E-state index in [1.54, 1.807) is 12.4 Å². The van der Waals surface area contributed by atoms with Crippen molar-refractivity contribution >= 4 is 5.91 Å². The Labute approximate surface area is 146 Å². The van der Waals surface area contributed by atoms with Gasteiger partial charge in [0.1, 0.15) is 0 Å². The third-order valence-electron chi connectivity index (χ3n) is 5.16. The average Bonchev–Trinajstić information content (AvgIpc) is 3.28. The van der Waals surface area contributed by atoms with E-state index in [1.165, 1.54) is 25.8 Å². The van der Waals surface area contributed by atoms with Crippen molar-refractivity contribution in [3.8, 4) is 11.4 Å². The molecule has 7 nitrogen and oxygen atoms in total. The second-order valence-electron chi connectivity index (χ2n) is 6.82. The number of rotatable bonds is 5. The second kappa shape index (κ2) is 7.31. The summed E-state index contributed by atoms with van der Waals surface area (Å²) < 4.78 is 5.25. The zero-order valence-electron chi connectivity index (χ0n) is 14.2. The van der Waals surface area contributed by atoms with E-state index in [0.717, 1.165) is 18.5 Å². The molecule has 0 aromatic carbocycles. The van der Waals surface area contributed by atoms with E-state index in [0.29, 0.717) is 36.6 Å². The molecule has 4 rings (SSSR count). The number of hydrogen-bond acceptors (Lipinski definition) is 6. The number of hydrogen-bond donors (Lipinski definition) is 1. The minimum atomic E-state index is 0.0681. The molecule has 0 saturated carbocycles. The van der Waals surface area contributed by atoms with E-state index in [2.05, 4.69) is 25.3 Å². The summed E-state index contributed by atoms with van der Waals surface area (Å²) in [6.45, 7) is 2.28. The zero-order valence-corrected chi connectivity index (χ0v) is 14.2. The molecule has 132 valence electrons. The molecular weight excluding hydrogens is 318 g/mol. The van der Waals surface area contributed by atoms with Crippen molar-refractivity contribution in [1.29, 1.82) is 0 Å². The van der Waals surface area contributed by atoms with Gasteiger partial charge >= 0.3 is 0 Å². The Balaban J connectivity index is 1.28. The first-order valence-electron chi connectivity index (χ1n) is 9.06.